The van der Waals surface area contributed by atoms with E-state index >= 15 is 0 Å². The summed E-state index contributed by atoms with van der Waals surface area (Å²) in [5.41, 5.74) is 1.94. The fourth-order valence-electron chi connectivity index (χ4n) is 3.22. The van der Waals surface area contributed by atoms with Crippen molar-refractivity contribution in [3.63, 3.8) is 0 Å². The van der Waals surface area contributed by atoms with Crippen LogP contribution in [0, 0.1) is 11.8 Å². The van der Waals surface area contributed by atoms with Crippen molar-refractivity contribution in [2.75, 3.05) is 5.32 Å². The Labute approximate surface area is 188 Å². The zero-order valence-electron chi connectivity index (χ0n) is 18.5. The van der Waals surface area contributed by atoms with Gasteiger partial charge in [-0.1, -0.05) is 52.0 Å². The number of carbonyl (C=O) groups is 2. The van der Waals surface area contributed by atoms with Crippen molar-refractivity contribution in [2.45, 2.75) is 45.2 Å². The van der Waals surface area contributed by atoms with Gasteiger partial charge in [-0.15, -0.1) is 0 Å². The van der Waals surface area contributed by atoms with Gasteiger partial charge in [0.1, 0.15) is 11.9 Å². The van der Waals surface area contributed by atoms with E-state index in [9.17, 15) is 18.0 Å². The van der Waals surface area contributed by atoms with Crippen molar-refractivity contribution in [2.24, 2.45) is 16.8 Å². The fourth-order valence-corrected chi connectivity index (χ4v) is 4.46. The molecule has 3 rings (SSSR count). The number of sulfonamides is 1. The lowest BCUT2D eigenvalue weighted by Crippen LogP contribution is -2.38. The number of hydrogen-bond donors (Lipinski definition) is 3. The third-order valence-electron chi connectivity index (χ3n) is 5.02. The molecule has 2 amide bonds. The largest absolute Gasteiger partial charge is 0.350 e. The molecule has 1 heterocycles. The molecule has 32 heavy (non-hydrogen) atoms. The molecule has 2 aromatic carbocycles. The number of nitrogens with one attached hydrogen (secondary N) is 3. The van der Waals surface area contributed by atoms with E-state index in [1.54, 1.807) is 30.3 Å². The fraction of sp³-hybridized carbons (Fsp3) is 0.348. The van der Waals surface area contributed by atoms with Crippen LogP contribution in [-0.4, -0.2) is 32.1 Å². The summed E-state index contributed by atoms with van der Waals surface area (Å²) in [6.45, 7) is 7.59. The third kappa shape index (κ3) is 5.34. The van der Waals surface area contributed by atoms with E-state index in [0.29, 0.717) is 11.3 Å². The number of anilines is 1. The summed E-state index contributed by atoms with van der Waals surface area (Å²) in [5.74, 6) is -0.513. The molecular formula is C23H28N4O4S. The van der Waals surface area contributed by atoms with E-state index in [2.05, 4.69) is 20.3 Å². The minimum Gasteiger partial charge on any atom is -0.350 e. The van der Waals surface area contributed by atoms with Crippen LogP contribution >= 0.6 is 0 Å². The minimum absolute atomic E-state index is 0.0822. The summed E-state index contributed by atoms with van der Waals surface area (Å²) in [6, 6.07) is 13.0. The maximum atomic E-state index is 12.9. The Morgan fingerprint density at radius 3 is 2.41 bits per heavy atom. The SMILES string of the molecule is CC(C)C(=O)Nc1cccc(CNC(=O)[C@H](N=C2NS(=O)(=O)c3ccccc32)C(C)C)c1. The highest BCUT2D eigenvalue weighted by Gasteiger charge is 2.32. The monoisotopic (exact) mass is 456 g/mol. The standard InChI is InChI=1S/C23H28N4O4S/c1-14(2)20(26-21-18-10-5-6-11-19(18)32(30,31)27-21)23(29)24-13-16-8-7-9-17(12-16)25-22(28)15(3)4/h5-12,14-15,20H,13H2,1-4H3,(H,24,29)(H,25,28)(H,26,27)/t20-/m1/s1. The highest BCUT2D eigenvalue weighted by Crippen LogP contribution is 2.23. The van der Waals surface area contributed by atoms with E-state index in [1.807, 2.05) is 39.8 Å². The van der Waals surface area contributed by atoms with E-state index < -0.39 is 16.1 Å². The Bertz CT molecular complexity index is 1160. The summed E-state index contributed by atoms with van der Waals surface area (Å²) in [7, 11) is -3.68. The topological polar surface area (TPSA) is 117 Å². The van der Waals surface area contributed by atoms with Gasteiger partial charge in [-0.3, -0.25) is 19.3 Å². The number of nitrogens with zero attached hydrogens (tertiary/aromatic N) is 1. The number of rotatable bonds is 7. The molecule has 0 fully saturated rings. The Hall–Kier alpha value is -3.20. The number of fused-ring (bicyclic) bond motifs is 1. The Morgan fingerprint density at radius 1 is 1.00 bits per heavy atom. The van der Waals surface area contributed by atoms with Crippen molar-refractivity contribution in [1.82, 2.24) is 10.0 Å². The quantitative estimate of drug-likeness (QED) is 0.594. The maximum absolute atomic E-state index is 12.9. The van der Waals surface area contributed by atoms with Crippen LogP contribution < -0.4 is 15.4 Å². The Morgan fingerprint density at radius 2 is 1.72 bits per heavy atom. The molecule has 0 aromatic heterocycles. The summed E-state index contributed by atoms with van der Waals surface area (Å²) < 4.78 is 27.1. The molecule has 1 aliphatic heterocycles. The summed E-state index contributed by atoms with van der Waals surface area (Å²) >= 11 is 0. The van der Waals surface area contributed by atoms with Gasteiger partial charge >= 0.3 is 0 Å². The first-order valence-electron chi connectivity index (χ1n) is 10.5. The van der Waals surface area contributed by atoms with Crippen molar-refractivity contribution in [1.29, 1.82) is 0 Å². The normalized spacial score (nSPS) is 16.5. The van der Waals surface area contributed by atoms with Gasteiger partial charge in [-0.25, -0.2) is 8.42 Å². The van der Waals surface area contributed by atoms with Crippen LogP contribution in [0.15, 0.2) is 58.4 Å². The molecule has 0 spiro atoms. The van der Waals surface area contributed by atoms with E-state index in [1.165, 1.54) is 6.07 Å². The predicted molar refractivity (Wildman–Crippen MR) is 124 cm³/mol. The lowest BCUT2D eigenvalue weighted by atomic mass is 10.0. The predicted octanol–water partition coefficient (Wildman–Crippen LogP) is 2.66. The lowest BCUT2D eigenvalue weighted by Gasteiger charge is -2.17. The molecule has 3 N–H and O–H groups in total. The van der Waals surface area contributed by atoms with Gasteiger partial charge in [0.2, 0.25) is 11.8 Å². The van der Waals surface area contributed by atoms with Gasteiger partial charge in [0.05, 0.1) is 4.90 Å². The smallest absolute Gasteiger partial charge is 0.263 e. The van der Waals surface area contributed by atoms with Crippen LogP contribution in [0.25, 0.3) is 0 Å². The molecule has 9 heteroatoms. The molecule has 1 atom stereocenters. The molecule has 0 radical (unpaired) electrons. The molecule has 0 aliphatic carbocycles. The minimum atomic E-state index is -3.68. The third-order valence-corrected chi connectivity index (χ3v) is 6.41. The first-order valence-corrected chi connectivity index (χ1v) is 11.9. The number of amidine groups is 1. The number of hydrogen-bond acceptors (Lipinski definition) is 5. The molecular weight excluding hydrogens is 428 g/mol. The average molecular weight is 457 g/mol. The summed E-state index contributed by atoms with van der Waals surface area (Å²) in [4.78, 5) is 29.4. The van der Waals surface area contributed by atoms with Gasteiger partial charge in [0, 0.05) is 23.7 Å². The molecule has 1 aliphatic rings. The van der Waals surface area contributed by atoms with Crippen molar-refractivity contribution in [3.8, 4) is 0 Å². The summed E-state index contributed by atoms with van der Waals surface area (Å²) in [6.07, 6.45) is 0. The van der Waals surface area contributed by atoms with Crippen molar-refractivity contribution in [3.05, 3.63) is 59.7 Å². The van der Waals surface area contributed by atoms with Crippen LogP contribution in [0.2, 0.25) is 0 Å². The number of aliphatic imine (C=N–C) groups is 1. The number of carbonyl (C=O) groups excluding carboxylic acids is 2. The second kappa shape index (κ2) is 9.52. The van der Waals surface area contributed by atoms with Crippen LogP contribution in [0.5, 0.6) is 0 Å². The number of benzene rings is 2. The molecule has 0 bridgehead atoms. The van der Waals surface area contributed by atoms with E-state index in [0.717, 1.165) is 5.56 Å². The Balaban J connectivity index is 1.74. The van der Waals surface area contributed by atoms with Gasteiger partial charge in [0.25, 0.3) is 10.0 Å². The molecule has 0 unspecified atom stereocenters. The highest BCUT2D eigenvalue weighted by molar-refractivity contribution is 7.90. The molecule has 8 nitrogen and oxygen atoms in total. The highest BCUT2D eigenvalue weighted by atomic mass is 32.2. The maximum Gasteiger partial charge on any atom is 0.263 e. The van der Waals surface area contributed by atoms with Gasteiger partial charge in [-0.05, 0) is 35.7 Å². The van der Waals surface area contributed by atoms with Crippen molar-refractivity contribution < 1.29 is 18.0 Å². The molecule has 170 valence electrons. The molecule has 0 saturated heterocycles. The zero-order valence-corrected chi connectivity index (χ0v) is 19.4. The van der Waals surface area contributed by atoms with E-state index in [4.69, 9.17) is 0 Å². The van der Waals surface area contributed by atoms with Gasteiger partial charge < -0.3 is 10.6 Å². The first kappa shape index (κ1) is 23.5. The van der Waals surface area contributed by atoms with Crippen LogP contribution in [-0.2, 0) is 26.2 Å². The molecule has 0 saturated carbocycles. The van der Waals surface area contributed by atoms with Crippen molar-refractivity contribution >= 4 is 33.4 Å². The first-order chi connectivity index (χ1) is 15.1. The lowest BCUT2D eigenvalue weighted by molar-refractivity contribution is -0.123. The van der Waals surface area contributed by atoms with Gasteiger partial charge in [0.15, 0.2) is 0 Å². The Kier molecular flexibility index (Phi) is 6.98. The zero-order chi connectivity index (χ0) is 23.5. The van der Waals surface area contributed by atoms with E-state index in [-0.39, 0.29) is 40.9 Å². The van der Waals surface area contributed by atoms with Crippen LogP contribution in [0.4, 0.5) is 5.69 Å². The second-order valence-corrected chi connectivity index (χ2v) is 9.98. The van der Waals surface area contributed by atoms with Crippen LogP contribution in [0.3, 0.4) is 0 Å². The molecule has 2 aromatic rings. The summed E-state index contributed by atoms with van der Waals surface area (Å²) in [5, 5.41) is 5.70. The second-order valence-electron chi connectivity index (χ2n) is 8.33. The number of amides is 2. The van der Waals surface area contributed by atoms with Gasteiger partial charge in [-0.2, -0.15) is 0 Å². The average Bonchev–Trinajstić information content (AvgIpc) is 3.00. The van der Waals surface area contributed by atoms with Crippen LogP contribution in [0.1, 0.15) is 38.8 Å².